The molecule has 3 aromatic carbocycles. The zero-order chi connectivity index (χ0) is 23.5. The van der Waals surface area contributed by atoms with Gasteiger partial charge in [-0.1, -0.05) is 17.7 Å². The van der Waals surface area contributed by atoms with Crippen LogP contribution in [0.1, 0.15) is 31.8 Å². The van der Waals surface area contributed by atoms with E-state index < -0.39 is 5.97 Å². The fourth-order valence-electron chi connectivity index (χ4n) is 3.50. The minimum atomic E-state index is -0.490. The lowest BCUT2D eigenvalue weighted by molar-refractivity contribution is 0.0734. The number of carbonyl (C=O) groups excluding carboxylic acids is 2. The summed E-state index contributed by atoms with van der Waals surface area (Å²) in [4.78, 5) is 25.3. The Labute approximate surface area is 191 Å². The highest BCUT2D eigenvalue weighted by Crippen LogP contribution is 2.40. The van der Waals surface area contributed by atoms with E-state index in [0.717, 1.165) is 5.56 Å². The van der Waals surface area contributed by atoms with Crippen LogP contribution in [0.15, 0.2) is 60.4 Å². The average molecular weight is 446 g/mol. The number of methoxy groups -OCH3 is 3. The van der Waals surface area contributed by atoms with Crippen LogP contribution in [0.4, 0.5) is 0 Å². The summed E-state index contributed by atoms with van der Waals surface area (Å²) in [5, 5.41) is 0. The standard InChI is InChI=1S/C26H22O7/c1-15-6-5-7-17(10-15)26(28)32-18-8-9-19-20(14-18)33-21(24(19)27)11-16-12-22(29-2)25(31-4)23(13-16)30-3/h5-14H,1-4H3/b21-11-. The van der Waals surface area contributed by atoms with Crippen molar-refractivity contribution in [3.05, 3.63) is 82.6 Å². The second-order valence-electron chi connectivity index (χ2n) is 7.32. The number of aryl methyl sites for hydroxylation is 1. The summed E-state index contributed by atoms with van der Waals surface area (Å²) in [6.45, 7) is 1.90. The Balaban J connectivity index is 1.59. The Bertz CT molecular complexity index is 1250. The number of fused-ring (bicyclic) bond motifs is 1. The number of hydrogen-bond acceptors (Lipinski definition) is 7. The van der Waals surface area contributed by atoms with Crippen molar-refractivity contribution >= 4 is 17.8 Å². The number of hydrogen-bond donors (Lipinski definition) is 0. The molecule has 1 aliphatic heterocycles. The Kier molecular flexibility index (Phi) is 6.04. The maximum absolute atomic E-state index is 12.8. The molecular weight excluding hydrogens is 424 g/mol. The van der Waals surface area contributed by atoms with Gasteiger partial charge in [-0.15, -0.1) is 0 Å². The molecule has 7 nitrogen and oxygen atoms in total. The van der Waals surface area contributed by atoms with E-state index in [4.69, 9.17) is 23.7 Å². The van der Waals surface area contributed by atoms with Crippen molar-refractivity contribution in [1.82, 2.24) is 0 Å². The molecule has 0 aliphatic carbocycles. The van der Waals surface area contributed by atoms with Gasteiger partial charge in [0.15, 0.2) is 17.3 Å². The van der Waals surface area contributed by atoms with Crippen LogP contribution in [-0.4, -0.2) is 33.1 Å². The van der Waals surface area contributed by atoms with Crippen LogP contribution >= 0.6 is 0 Å². The molecule has 0 aromatic heterocycles. The van der Waals surface area contributed by atoms with E-state index in [0.29, 0.717) is 39.7 Å². The van der Waals surface area contributed by atoms with Gasteiger partial charge in [-0.25, -0.2) is 4.79 Å². The zero-order valence-corrected chi connectivity index (χ0v) is 18.6. The second kappa shape index (κ2) is 9.08. The van der Waals surface area contributed by atoms with E-state index in [1.807, 2.05) is 13.0 Å². The Morgan fingerprint density at radius 2 is 1.64 bits per heavy atom. The molecule has 7 heteroatoms. The first-order valence-electron chi connectivity index (χ1n) is 10.1. The lowest BCUT2D eigenvalue weighted by Gasteiger charge is -2.13. The highest BCUT2D eigenvalue weighted by Gasteiger charge is 2.28. The molecule has 3 aromatic rings. The summed E-state index contributed by atoms with van der Waals surface area (Å²) in [6, 6.07) is 15.2. The van der Waals surface area contributed by atoms with Gasteiger partial charge < -0.3 is 23.7 Å². The van der Waals surface area contributed by atoms with Gasteiger partial charge in [0.25, 0.3) is 0 Å². The smallest absolute Gasteiger partial charge is 0.343 e. The van der Waals surface area contributed by atoms with Gasteiger partial charge >= 0.3 is 5.97 Å². The number of carbonyl (C=O) groups is 2. The largest absolute Gasteiger partial charge is 0.493 e. The van der Waals surface area contributed by atoms with Crippen molar-refractivity contribution in [1.29, 1.82) is 0 Å². The number of Topliss-reactive ketones (excluding diaryl/α,β-unsaturated/α-hetero) is 1. The van der Waals surface area contributed by atoms with E-state index >= 15 is 0 Å². The van der Waals surface area contributed by atoms with Crippen LogP contribution in [0, 0.1) is 6.92 Å². The molecule has 0 spiro atoms. The van der Waals surface area contributed by atoms with Gasteiger partial charge in [-0.3, -0.25) is 4.79 Å². The molecule has 0 saturated heterocycles. The predicted molar refractivity (Wildman–Crippen MR) is 122 cm³/mol. The van der Waals surface area contributed by atoms with Crippen LogP contribution in [0.25, 0.3) is 6.08 Å². The van der Waals surface area contributed by atoms with Crippen LogP contribution in [-0.2, 0) is 0 Å². The Hall–Kier alpha value is -4.26. The molecule has 0 amide bonds. The first-order chi connectivity index (χ1) is 15.9. The molecule has 0 unspecified atom stereocenters. The van der Waals surface area contributed by atoms with Crippen molar-refractivity contribution in [2.24, 2.45) is 0 Å². The summed E-state index contributed by atoms with van der Waals surface area (Å²) in [7, 11) is 4.55. The van der Waals surface area contributed by atoms with Gasteiger partial charge in [0, 0.05) is 6.07 Å². The number of ketones is 1. The maximum atomic E-state index is 12.8. The second-order valence-corrected chi connectivity index (χ2v) is 7.32. The van der Waals surface area contributed by atoms with Crippen LogP contribution < -0.4 is 23.7 Å². The van der Waals surface area contributed by atoms with E-state index in [1.54, 1.807) is 48.5 Å². The first kappa shape index (κ1) is 22.0. The average Bonchev–Trinajstić information content (AvgIpc) is 3.12. The fraction of sp³-hybridized carbons (Fsp3) is 0.154. The Morgan fingerprint density at radius 3 is 2.27 bits per heavy atom. The minimum absolute atomic E-state index is 0.126. The van der Waals surface area contributed by atoms with Gasteiger partial charge in [0.2, 0.25) is 11.5 Å². The van der Waals surface area contributed by atoms with Crippen molar-refractivity contribution in [3.63, 3.8) is 0 Å². The van der Waals surface area contributed by atoms with Crippen molar-refractivity contribution < 1.29 is 33.3 Å². The van der Waals surface area contributed by atoms with E-state index in [-0.39, 0.29) is 17.3 Å². The number of allylic oxidation sites excluding steroid dienone is 1. The molecule has 1 aliphatic rings. The number of benzene rings is 3. The van der Waals surface area contributed by atoms with Crippen molar-refractivity contribution in [2.45, 2.75) is 6.92 Å². The third-order valence-corrected chi connectivity index (χ3v) is 5.09. The molecule has 0 radical (unpaired) electrons. The predicted octanol–water partition coefficient (Wildman–Crippen LogP) is 4.86. The van der Waals surface area contributed by atoms with Crippen LogP contribution in [0.5, 0.6) is 28.7 Å². The third-order valence-electron chi connectivity index (χ3n) is 5.09. The first-order valence-corrected chi connectivity index (χ1v) is 10.1. The summed E-state index contributed by atoms with van der Waals surface area (Å²) >= 11 is 0. The number of esters is 1. The third kappa shape index (κ3) is 4.39. The minimum Gasteiger partial charge on any atom is -0.493 e. The highest BCUT2D eigenvalue weighted by molar-refractivity contribution is 6.14. The molecular formula is C26H22O7. The van der Waals surface area contributed by atoms with Gasteiger partial charge in [0.1, 0.15) is 11.5 Å². The van der Waals surface area contributed by atoms with Crippen molar-refractivity contribution in [3.8, 4) is 28.7 Å². The zero-order valence-electron chi connectivity index (χ0n) is 18.6. The van der Waals surface area contributed by atoms with E-state index in [2.05, 4.69) is 0 Å². The quantitative estimate of drug-likeness (QED) is 0.304. The number of rotatable bonds is 6. The van der Waals surface area contributed by atoms with Gasteiger partial charge in [0.05, 0.1) is 32.5 Å². The molecule has 0 N–H and O–H groups in total. The molecule has 0 saturated carbocycles. The van der Waals surface area contributed by atoms with Crippen molar-refractivity contribution in [2.75, 3.05) is 21.3 Å². The lowest BCUT2D eigenvalue weighted by Crippen LogP contribution is -2.08. The molecule has 0 atom stereocenters. The van der Waals surface area contributed by atoms with Gasteiger partial charge in [-0.2, -0.15) is 0 Å². The summed E-state index contributed by atoms with van der Waals surface area (Å²) < 4.78 is 27.3. The number of ether oxygens (including phenoxy) is 5. The van der Waals surface area contributed by atoms with Crippen LogP contribution in [0.3, 0.4) is 0 Å². The summed E-state index contributed by atoms with van der Waals surface area (Å²) in [5.41, 5.74) is 2.40. The molecule has 0 bridgehead atoms. The normalized spacial score (nSPS) is 13.3. The van der Waals surface area contributed by atoms with Crippen LogP contribution in [0.2, 0.25) is 0 Å². The molecule has 4 rings (SSSR count). The Morgan fingerprint density at radius 1 is 0.909 bits per heavy atom. The molecule has 168 valence electrons. The van der Waals surface area contributed by atoms with Gasteiger partial charge in [-0.05, 0) is 55.0 Å². The highest BCUT2D eigenvalue weighted by atomic mass is 16.5. The topological polar surface area (TPSA) is 80.3 Å². The fourth-order valence-corrected chi connectivity index (χ4v) is 3.50. The van der Waals surface area contributed by atoms with E-state index in [1.165, 1.54) is 27.4 Å². The SMILES string of the molecule is COc1cc(/C=C2\Oc3cc(OC(=O)c4cccc(C)c4)ccc3C2=O)cc(OC)c1OC. The lowest BCUT2D eigenvalue weighted by atomic mass is 10.1. The monoisotopic (exact) mass is 446 g/mol. The summed E-state index contributed by atoms with van der Waals surface area (Å²) in [6.07, 6.45) is 1.59. The van der Waals surface area contributed by atoms with E-state index in [9.17, 15) is 9.59 Å². The molecule has 33 heavy (non-hydrogen) atoms. The summed E-state index contributed by atoms with van der Waals surface area (Å²) in [5.74, 6) is 1.31. The molecule has 1 heterocycles. The molecule has 0 fully saturated rings. The maximum Gasteiger partial charge on any atom is 0.343 e.